The number of aromatic nitrogens is 3. The lowest BCUT2D eigenvalue weighted by atomic mass is 9.99. The van der Waals surface area contributed by atoms with Crippen molar-refractivity contribution in [2.45, 2.75) is 25.9 Å². The van der Waals surface area contributed by atoms with E-state index in [-0.39, 0.29) is 12.1 Å². The van der Waals surface area contributed by atoms with Crippen LogP contribution in [0.5, 0.6) is 0 Å². The molecule has 0 aliphatic carbocycles. The van der Waals surface area contributed by atoms with E-state index < -0.39 is 0 Å². The summed E-state index contributed by atoms with van der Waals surface area (Å²) in [7, 11) is 0. The molecule has 0 spiro atoms. The number of fused-ring (bicyclic) bond motifs is 3. The molecule has 0 saturated heterocycles. The third-order valence-corrected chi connectivity index (χ3v) is 5.59. The van der Waals surface area contributed by atoms with Gasteiger partial charge in [-0.2, -0.15) is 5.10 Å². The highest BCUT2D eigenvalue weighted by molar-refractivity contribution is 5.75. The van der Waals surface area contributed by atoms with Gasteiger partial charge in [0.2, 0.25) is 0 Å². The van der Waals surface area contributed by atoms with Crippen LogP contribution in [0.2, 0.25) is 0 Å². The van der Waals surface area contributed by atoms with Gasteiger partial charge in [-0.15, -0.1) is 0 Å². The van der Waals surface area contributed by atoms with Gasteiger partial charge in [-0.25, -0.2) is 14.3 Å². The summed E-state index contributed by atoms with van der Waals surface area (Å²) < 4.78 is 1.91. The van der Waals surface area contributed by atoms with E-state index in [0.717, 1.165) is 40.1 Å². The zero-order chi connectivity index (χ0) is 20.5. The molecule has 0 bridgehead atoms. The average molecular weight is 397 g/mol. The van der Waals surface area contributed by atoms with Crippen LogP contribution in [0.3, 0.4) is 0 Å². The van der Waals surface area contributed by atoms with Gasteiger partial charge in [0, 0.05) is 30.8 Å². The second-order valence-corrected chi connectivity index (χ2v) is 7.66. The molecule has 30 heavy (non-hydrogen) atoms. The first-order valence-electron chi connectivity index (χ1n) is 10.2. The molecule has 2 aromatic carbocycles. The zero-order valence-corrected chi connectivity index (χ0v) is 16.8. The van der Waals surface area contributed by atoms with Crippen LogP contribution in [-0.4, -0.2) is 32.1 Å². The molecule has 1 aliphatic heterocycles. The first-order chi connectivity index (χ1) is 14.7. The van der Waals surface area contributed by atoms with E-state index >= 15 is 0 Å². The molecular formula is C24H23N5O. The Balaban J connectivity index is 1.39. The number of benzene rings is 2. The Kier molecular flexibility index (Phi) is 4.67. The molecule has 6 nitrogen and oxygen atoms in total. The summed E-state index contributed by atoms with van der Waals surface area (Å²) in [4.78, 5) is 19.6. The third kappa shape index (κ3) is 3.41. The summed E-state index contributed by atoms with van der Waals surface area (Å²) in [6.07, 6.45) is 2.63. The fraction of sp³-hybridized carbons (Fsp3) is 0.208. The van der Waals surface area contributed by atoms with Gasteiger partial charge < -0.3 is 10.2 Å². The van der Waals surface area contributed by atoms with E-state index in [4.69, 9.17) is 0 Å². The lowest BCUT2D eigenvalue weighted by molar-refractivity contribution is 0.189. The van der Waals surface area contributed by atoms with E-state index in [1.165, 1.54) is 0 Å². The molecule has 0 fully saturated rings. The number of nitrogens with one attached hydrogen (secondary N) is 1. The SMILES string of the molecule is Cc1cc2ncc3c(n2n1)CCN(C(=O)NC(c1ccccc1)c1ccccc1)C3. The summed E-state index contributed by atoms with van der Waals surface area (Å²) in [5.74, 6) is 0. The maximum absolute atomic E-state index is 13.2. The summed E-state index contributed by atoms with van der Waals surface area (Å²) >= 11 is 0. The van der Waals surface area contributed by atoms with Crippen LogP contribution in [-0.2, 0) is 13.0 Å². The molecular weight excluding hydrogens is 374 g/mol. The standard InChI is InChI=1S/C24H23N5O/c1-17-14-22-25-15-20-16-28(13-12-21(20)29(22)27-17)24(30)26-23(18-8-4-2-5-9-18)19-10-6-3-7-11-19/h2-11,14-15,23H,12-13,16H2,1H3,(H,26,30). The third-order valence-electron chi connectivity index (χ3n) is 5.59. The van der Waals surface area contributed by atoms with Gasteiger partial charge in [-0.3, -0.25) is 0 Å². The Labute approximate surface area is 175 Å². The van der Waals surface area contributed by atoms with E-state index in [1.807, 2.05) is 89.3 Å². The van der Waals surface area contributed by atoms with Crippen LogP contribution in [0.25, 0.3) is 5.65 Å². The van der Waals surface area contributed by atoms with Crippen molar-refractivity contribution in [2.24, 2.45) is 0 Å². The summed E-state index contributed by atoms with van der Waals surface area (Å²) in [5.41, 5.74) is 6.11. The highest BCUT2D eigenvalue weighted by atomic mass is 16.2. The van der Waals surface area contributed by atoms with Gasteiger partial charge in [0.15, 0.2) is 5.65 Å². The van der Waals surface area contributed by atoms with Gasteiger partial charge >= 0.3 is 6.03 Å². The van der Waals surface area contributed by atoms with E-state index in [9.17, 15) is 4.79 Å². The number of urea groups is 1. The fourth-order valence-corrected chi connectivity index (χ4v) is 4.09. The predicted octanol–water partition coefficient (Wildman–Crippen LogP) is 3.90. The summed E-state index contributed by atoms with van der Waals surface area (Å²) in [5, 5.41) is 7.79. The van der Waals surface area contributed by atoms with Crippen LogP contribution in [0.4, 0.5) is 4.79 Å². The number of carbonyl (C=O) groups excluding carboxylic acids is 1. The van der Waals surface area contributed by atoms with Crippen molar-refractivity contribution in [3.63, 3.8) is 0 Å². The Morgan fingerprint density at radius 1 is 1.03 bits per heavy atom. The largest absolute Gasteiger partial charge is 0.327 e. The van der Waals surface area contributed by atoms with Gasteiger partial charge in [0.05, 0.1) is 24.0 Å². The molecule has 0 saturated carbocycles. The normalized spacial score (nSPS) is 13.5. The van der Waals surface area contributed by atoms with Crippen molar-refractivity contribution in [3.8, 4) is 0 Å². The number of carbonyl (C=O) groups is 1. The van der Waals surface area contributed by atoms with Crippen molar-refractivity contribution in [2.75, 3.05) is 6.54 Å². The molecule has 0 radical (unpaired) electrons. The van der Waals surface area contributed by atoms with Crippen molar-refractivity contribution in [1.82, 2.24) is 24.8 Å². The lowest BCUT2D eigenvalue weighted by Gasteiger charge is -2.31. The molecule has 2 aromatic heterocycles. The first-order valence-corrected chi connectivity index (χ1v) is 10.2. The number of hydrogen-bond acceptors (Lipinski definition) is 3. The van der Waals surface area contributed by atoms with Crippen LogP contribution in [0, 0.1) is 6.92 Å². The topological polar surface area (TPSA) is 62.5 Å². The lowest BCUT2D eigenvalue weighted by Crippen LogP contribution is -2.44. The van der Waals surface area contributed by atoms with E-state index in [2.05, 4.69) is 15.4 Å². The van der Waals surface area contributed by atoms with Crippen LogP contribution >= 0.6 is 0 Å². The monoisotopic (exact) mass is 397 g/mol. The highest BCUT2D eigenvalue weighted by Gasteiger charge is 2.26. The van der Waals surface area contributed by atoms with Crippen molar-refractivity contribution >= 4 is 11.7 Å². The molecule has 6 heteroatoms. The second kappa shape index (κ2) is 7.63. The van der Waals surface area contributed by atoms with Gasteiger partial charge in [-0.1, -0.05) is 60.7 Å². The van der Waals surface area contributed by atoms with Gasteiger partial charge in [0.25, 0.3) is 0 Å². The predicted molar refractivity (Wildman–Crippen MR) is 115 cm³/mol. The zero-order valence-electron chi connectivity index (χ0n) is 16.8. The first kappa shape index (κ1) is 18.4. The molecule has 150 valence electrons. The maximum atomic E-state index is 13.2. The Bertz CT molecular complexity index is 1150. The van der Waals surface area contributed by atoms with Crippen LogP contribution in [0.15, 0.2) is 72.9 Å². The van der Waals surface area contributed by atoms with E-state index in [1.54, 1.807) is 0 Å². The fourth-order valence-electron chi connectivity index (χ4n) is 4.09. The number of amides is 2. The maximum Gasteiger partial charge on any atom is 0.318 e. The Morgan fingerprint density at radius 2 is 1.70 bits per heavy atom. The molecule has 3 heterocycles. The van der Waals surface area contributed by atoms with E-state index in [0.29, 0.717) is 13.1 Å². The Morgan fingerprint density at radius 3 is 2.37 bits per heavy atom. The molecule has 0 atom stereocenters. The van der Waals surface area contributed by atoms with Crippen LogP contribution < -0.4 is 5.32 Å². The molecule has 1 aliphatic rings. The number of aryl methyl sites for hydroxylation is 1. The average Bonchev–Trinajstić information content (AvgIpc) is 3.19. The van der Waals surface area contributed by atoms with Crippen molar-refractivity contribution < 1.29 is 4.79 Å². The number of hydrogen-bond donors (Lipinski definition) is 1. The summed E-state index contributed by atoms with van der Waals surface area (Å²) in [6.45, 7) is 3.14. The molecule has 0 unspecified atom stereocenters. The number of rotatable bonds is 3. The molecule has 4 aromatic rings. The Hall–Kier alpha value is -3.67. The quantitative estimate of drug-likeness (QED) is 0.570. The van der Waals surface area contributed by atoms with Crippen LogP contribution in [0.1, 0.15) is 34.1 Å². The smallest absolute Gasteiger partial charge is 0.318 e. The minimum absolute atomic E-state index is 0.0740. The minimum atomic E-state index is -0.198. The van der Waals surface area contributed by atoms with Gasteiger partial charge in [0.1, 0.15) is 0 Å². The molecule has 2 amide bonds. The minimum Gasteiger partial charge on any atom is -0.327 e. The summed E-state index contributed by atoms with van der Waals surface area (Å²) in [6, 6.07) is 21.8. The van der Waals surface area contributed by atoms with Crippen molar-refractivity contribution in [1.29, 1.82) is 0 Å². The molecule has 5 rings (SSSR count). The number of nitrogens with zero attached hydrogens (tertiary/aromatic N) is 4. The highest BCUT2D eigenvalue weighted by Crippen LogP contribution is 2.24. The molecule has 1 N–H and O–H groups in total. The van der Waals surface area contributed by atoms with Gasteiger partial charge in [-0.05, 0) is 18.1 Å². The second-order valence-electron chi connectivity index (χ2n) is 7.66. The van der Waals surface area contributed by atoms with Crippen molar-refractivity contribution in [3.05, 3.63) is 101 Å².